The van der Waals surface area contributed by atoms with Gasteiger partial charge in [-0.15, -0.1) is 0 Å². The van der Waals surface area contributed by atoms with Gasteiger partial charge in [0.15, 0.2) is 11.5 Å². The van der Waals surface area contributed by atoms with Crippen molar-refractivity contribution in [2.24, 2.45) is 0 Å². The number of nitrogens with zero attached hydrogens (tertiary/aromatic N) is 3. The van der Waals surface area contributed by atoms with Gasteiger partial charge in [-0.05, 0) is 43.8 Å². The van der Waals surface area contributed by atoms with Crippen molar-refractivity contribution in [3.8, 4) is 11.4 Å². The van der Waals surface area contributed by atoms with Crippen LogP contribution in [0, 0.1) is 0 Å². The van der Waals surface area contributed by atoms with E-state index in [2.05, 4.69) is 37.9 Å². The maximum Gasteiger partial charge on any atom is 0.225 e. The van der Waals surface area contributed by atoms with Gasteiger partial charge in [-0.2, -0.15) is 0 Å². The summed E-state index contributed by atoms with van der Waals surface area (Å²) in [5, 5.41) is 14.8. The summed E-state index contributed by atoms with van der Waals surface area (Å²) in [7, 11) is 0. The van der Waals surface area contributed by atoms with E-state index < -0.39 is 11.1 Å². The molecule has 3 N–H and O–H groups in total. The normalized spacial score (nSPS) is 25.7. The molecule has 0 saturated heterocycles. The molecule has 0 atom stereocenters. The number of rotatable bonds is 4. The first kappa shape index (κ1) is 21.3. The quantitative estimate of drug-likeness (QED) is 0.566. The Morgan fingerprint density at radius 1 is 1.12 bits per heavy atom. The summed E-state index contributed by atoms with van der Waals surface area (Å²) in [4.78, 5) is 29.4. The molecule has 3 heterocycles. The molecule has 7 heteroatoms. The van der Waals surface area contributed by atoms with Crippen LogP contribution in [0.3, 0.4) is 0 Å². The van der Waals surface area contributed by atoms with Crippen molar-refractivity contribution in [2.45, 2.75) is 50.2 Å². The van der Waals surface area contributed by atoms with Crippen molar-refractivity contribution in [2.75, 3.05) is 0 Å². The Balaban J connectivity index is 1.45. The van der Waals surface area contributed by atoms with Gasteiger partial charge in [0.2, 0.25) is 5.91 Å². The lowest BCUT2D eigenvalue weighted by atomic mass is 9.67. The lowest BCUT2D eigenvalue weighted by molar-refractivity contribution is -0.124. The van der Waals surface area contributed by atoms with E-state index in [4.69, 9.17) is 0 Å². The van der Waals surface area contributed by atoms with Crippen LogP contribution in [0.15, 0.2) is 72.5 Å². The molecule has 2 aromatic heterocycles. The minimum Gasteiger partial charge on any atom is -0.382 e. The lowest BCUT2D eigenvalue weighted by Gasteiger charge is -2.47. The number of H-pyrrole nitrogens is 1. The highest BCUT2D eigenvalue weighted by Crippen LogP contribution is 2.46. The zero-order chi connectivity index (χ0) is 23.1. The lowest BCUT2D eigenvalue weighted by Crippen LogP contribution is -2.56. The summed E-state index contributed by atoms with van der Waals surface area (Å²) < 4.78 is 0. The number of amides is 1. The number of hydrogen-bond acceptors (Lipinski definition) is 5. The van der Waals surface area contributed by atoms with Gasteiger partial charge in [0.25, 0.3) is 0 Å². The first-order chi connectivity index (χ1) is 16.0. The molecule has 0 bridgehead atoms. The Labute approximate surface area is 192 Å². The van der Waals surface area contributed by atoms with Crippen LogP contribution in [-0.2, 0) is 10.4 Å². The molecule has 168 valence electrons. The van der Waals surface area contributed by atoms with Gasteiger partial charge < -0.3 is 15.4 Å². The van der Waals surface area contributed by atoms with Gasteiger partial charge in [-0.25, -0.2) is 15.0 Å². The molecule has 0 radical (unpaired) electrons. The number of fused-ring (bicyclic) bond motifs is 1. The van der Waals surface area contributed by atoms with E-state index in [-0.39, 0.29) is 5.91 Å². The van der Waals surface area contributed by atoms with Crippen molar-refractivity contribution in [3.05, 3.63) is 78.3 Å². The number of allylic oxidation sites excluding steroid dienone is 2. The number of hydrogen-bond donors (Lipinski definition) is 3. The molecular weight excluding hydrogens is 414 g/mol. The molecule has 0 unspecified atom stereocenters. The van der Waals surface area contributed by atoms with Gasteiger partial charge in [0.1, 0.15) is 16.9 Å². The van der Waals surface area contributed by atoms with E-state index in [1.165, 1.54) is 0 Å². The monoisotopic (exact) mass is 441 g/mol. The first-order valence-electron chi connectivity index (χ1n) is 11.3. The third-order valence-electron chi connectivity index (χ3n) is 6.81. The topological polar surface area (TPSA) is 104 Å². The van der Waals surface area contributed by atoms with Crippen molar-refractivity contribution >= 4 is 17.1 Å². The maximum atomic E-state index is 12.4. The highest BCUT2D eigenvalue weighted by molar-refractivity contribution is 5.83. The number of aromatic nitrogens is 4. The average Bonchev–Trinajstić information content (AvgIpc) is 3.28. The minimum atomic E-state index is -1.13. The minimum absolute atomic E-state index is 0.00366. The number of nitrogens with one attached hydrogen (secondary N) is 2. The summed E-state index contributed by atoms with van der Waals surface area (Å²) in [6, 6.07) is 9.74. The molecule has 5 rings (SSSR count). The number of aromatic amines is 1. The SMILES string of the molecule is C=CC1=C(/C=C\C)C2(CCC(O)(c3nc4nc(-c5ccccc5)ncc4[nH]3)CC2)NC(=O)C1. The highest BCUT2D eigenvalue weighted by atomic mass is 16.3. The van der Waals surface area contributed by atoms with E-state index in [0.717, 1.165) is 16.7 Å². The Kier molecular flexibility index (Phi) is 5.21. The Bertz CT molecular complexity index is 1280. The number of aliphatic hydroxyl groups is 1. The molecule has 3 aromatic rings. The summed E-state index contributed by atoms with van der Waals surface area (Å²) >= 11 is 0. The van der Waals surface area contributed by atoms with Gasteiger partial charge >= 0.3 is 0 Å². The Morgan fingerprint density at radius 2 is 1.88 bits per heavy atom. The van der Waals surface area contributed by atoms with Crippen LogP contribution < -0.4 is 5.32 Å². The number of carbonyl (C=O) groups is 1. The van der Waals surface area contributed by atoms with Crippen molar-refractivity contribution < 1.29 is 9.90 Å². The second kappa shape index (κ2) is 8.08. The summed E-state index contributed by atoms with van der Waals surface area (Å²) in [5.41, 5.74) is 2.55. The van der Waals surface area contributed by atoms with Crippen molar-refractivity contribution in [1.29, 1.82) is 0 Å². The maximum absolute atomic E-state index is 12.4. The van der Waals surface area contributed by atoms with Crippen LogP contribution >= 0.6 is 0 Å². The van der Waals surface area contributed by atoms with Crippen molar-refractivity contribution in [1.82, 2.24) is 25.3 Å². The van der Waals surface area contributed by atoms with Crippen LogP contribution in [0.5, 0.6) is 0 Å². The predicted molar refractivity (Wildman–Crippen MR) is 127 cm³/mol. The summed E-state index contributed by atoms with van der Waals surface area (Å²) in [5.74, 6) is 1.09. The first-order valence-corrected chi connectivity index (χ1v) is 11.3. The fourth-order valence-corrected chi connectivity index (χ4v) is 5.05. The molecule has 7 nitrogen and oxygen atoms in total. The van der Waals surface area contributed by atoms with E-state index in [1.807, 2.05) is 43.3 Å². The molecule has 2 aliphatic rings. The molecule has 1 aromatic carbocycles. The second-order valence-corrected chi connectivity index (χ2v) is 8.86. The number of carbonyl (C=O) groups excluding carboxylic acids is 1. The highest BCUT2D eigenvalue weighted by Gasteiger charge is 2.48. The number of imidazole rings is 1. The fourth-order valence-electron chi connectivity index (χ4n) is 5.05. The molecule has 1 amide bonds. The fraction of sp³-hybridized carbons (Fsp3) is 0.308. The zero-order valence-electron chi connectivity index (χ0n) is 18.6. The van der Waals surface area contributed by atoms with E-state index in [1.54, 1.807) is 12.3 Å². The molecule has 1 spiro atoms. The van der Waals surface area contributed by atoms with Gasteiger partial charge in [-0.3, -0.25) is 4.79 Å². The summed E-state index contributed by atoms with van der Waals surface area (Å²) in [6.45, 7) is 5.88. The van der Waals surface area contributed by atoms with Gasteiger partial charge in [0, 0.05) is 5.56 Å². The number of benzene rings is 1. The zero-order valence-corrected chi connectivity index (χ0v) is 18.6. The molecular formula is C26H27N5O2. The second-order valence-electron chi connectivity index (χ2n) is 8.86. The van der Waals surface area contributed by atoms with Crippen LogP contribution in [0.1, 0.15) is 44.9 Å². The molecule has 1 saturated carbocycles. The van der Waals surface area contributed by atoms with E-state index >= 15 is 0 Å². The van der Waals surface area contributed by atoms with Crippen LogP contribution in [0.25, 0.3) is 22.6 Å². The third-order valence-corrected chi connectivity index (χ3v) is 6.81. The van der Waals surface area contributed by atoms with Crippen LogP contribution in [0.4, 0.5) is 0 Å². The molecule has 33 heavy (non-hydrogen) atoms. The molecule has 1 aliphatic heterocycles. The molecule has 1 aliphatic carbocycles. The van der Waals surface area contributed by atoms with Crippen LogP contribution in [0.2, 0.25) is 0 Å². The third kappa shape index (κ3) is 3.68. The van der Waals surface area contributed by atoms with Crippen molar-refractivity contribution in [3.63, 3.8) is 0 Å². The smallest absolute Gasteiger partial charge is 0.225 e. The molecule has 1 fully saturated rings. The predicted octanol–water partition coefficient (Wildman–Crippen LogP) is 4.10. The summed E-state index contributed by atoms with van der Waals surface area (Å²) in [6.07, 6.45) is 9.98. The van der Waals surface area contributed by atoms with Crippen LogP contribution in [-0.4, -0.2) is 36.5 Å². The van der Waals surface area contributed by atoms with Gasteiger partial charge in [-0.1, -0.05) is 55.1 Å². The van der Waals surface area contributed by atoms with E-state index in [9.17, 15) is 9.90 Å². The Hall–Kier alpha value is -3.58. The van der Waals surface area contributed by atoms with Gasteiger partial charge in [0.05, 0.1) is 18.2 Å². The largest absolute Gasteiger partial charge is 0.382 e. The van der Waals surface area contributed by atoms with E-state index in [0.29, 0.717) is 54.9 Å². The Morgan fingerprint density at radius 3 is 2.58 bits per heavy atom. The average molecular weight is 442 g/mol. The standard InChI is InChI=1S/C26H27N5O2/c1-3-8-19-17(4-2)15-21(32)31-25(19)11-13-26(33,14-12-25)24-28-20-16-27-22(29-23(20)30-24)18-9-6-5-7-10-18/h3-10,16,33H,2,11-15H2,1H3,(H,31,32)(H,27,28,29,30)/b8-3-.